The van der Waals surface area contributed by atoms with Crippen LogP contribution in [0.1, 0.15) is 16.7 Å². The SMILES string of the molecule is Cc1cccc(C)c1OCCOc1ccc(C=CC(=O)O)cc1Br. The summed E-state index contributed by atoms with van der Waals surface area (Å²) in [6.07, 6.45) is 2.63. The van der Waals surface area contributed by atoms with Gasteiger partial charge in [0.1, 0.15) is 24.7 Å². The fourth-order valence-electron chi connectivity index (χ4n) is 2.23. The average molecular weight is 391 g/mol. The molecule has 2 aromatic carbocycles. The summed E-state index contributed by atoms with van der Waals surface area (Å²) in [5, 5.41) is 8.64. The van der Waals surface area contributed by atoms with Gasteiger partial charge in [0.15, 0.2) is 0 Å². The van der Waals surface area contributed by atoms with Gasteiger partial charge in [-0.25, -0.2) is 4.79 Å². The van der Waals surface area contributed by atoms with E-state index in [1.807, 2.05) is 32.0 Å². The molecule has 0 spiro atoms. The van der Waals surface area contributed by atoms with Gasteiger partial charge in [-0.2, -0.15) is 0 Å². The van der Waals surface area contributed by atoms with Crippen LogP contribution in [0.5, 0.6) is 11.5 Å². The van der Waals surface area contributed by atoms with E-state index < -0.39 is 5.97 Å². The van der Waals surface area contributed by atoms with Crippen LogP contribution in [0.15, 0.2) is 46.9 Å². The predicted molar refractivity (Wildman–Crippen MR) is 97.7 cm³/mol. The number of aryl methyl sites for hydroxylation is 2. The molecule has 0 aliphatic heterocycles. The van der Waals surface area contributed by atoms with Crippen LogP contribution >= 0.6 is 15.9 Å². The molecule has 24 heavy (non-hydrogen) atoms. The van der Waals surface area contributed by atoms with Crippen molar-refractivity contribution in [1.29, 1.82) is 0 Å². The number of carboxylic acid groups (broad SMARTS) is 1. The normalized spacial score (nSPS) is 10.8. The summed E-state index contributed by atoms with van der Waals surface area (Å²) in [5.74, 6) is 0.608. The van der Waals surface area contributed by atoms with Crippen molar-refractivity contribution in [2.24, 2.45) is 0 Å². The highest BCUT2D eigenvalue weighted by Gasteiger charge is 2.05. The van der Waals surface area contributed by atoms with Crippen LogP contribution in [0.3, 0.4) is 0 Å². The van der Waals surface area contributed by atoms with Gasteiger partial charge in [-0.05, 0) is 64.7 Å². The van der Waals surface area contributed by atoms with Crippen molar-refractivity contribution in [3.8, 4) is 11.5 Å². The lowest BCUT2D eigenvalue weighted by atomic mass is 10.1. The van der Waals surface area contributed by atoms with E-state index in [2.05, 4.69) is 15.9 Å². The number of carboxylic acids is 1. The maximum atomic E-state index is 10.5. The Morgan fingerprint density at radius 1 is 1.12 bits per heavy atom. The zero-order chi connectivity index (χ0) is 17.5. The Hall–Kier alpha value is -2.27. The van der Waals surface area contributed by atoms with Crippen molar-refractivity contribution in [3.05, 3.63) is 63.6 Å². The van der Waals surface area contributed by atoms with Crippen molar-refractivity contribution in [1.82, 2.24) is 0 Å². The summed E-state index contributed by atoms with van der Waals surface area (Å²) in [4.78, 5) is 10.5. The highest BCUT2D eigenvalue weighted by Crippen LogP contribution is 2.27. The molecular formula is C19H19BrO4. The highest BCUT2D eigenvalue weighted by atomic mass is 79.9. The Morgan fingerprint density at radius 2 is 1.79 bits per heavy atom. The average Bonchev–Trinajstić information content (AvgIpc) is 2.53. The topological polar surface area (TPSA) is 55.8 Å². The lowest BCUT2D eigenvalue weighted by Gasteiger charge is -2.13. The van der Waals surface area contributed by atoms with Gasteiger partial charge in [-0.15, -0.1) is 0 Å². The first-order valence-corrected chi connectivity index (χ1v) is 8.29. The van der Waals surface area contributed by atoms with Crippen molar-refractivity contribution in [3.63, 3.8) is 0 Å². The van der Waals surface area contributed by atoms with Crippen LogP contribution in [0.2, 0.25) is 0 Å². The summed E-state index contributed by atoms with van der Waals surface area (Å²) in [7, 11) is 0. The summed E-state index contributed by atoms with van der Waals surface area (Å²) < 4.78 is 12.3. The van der Waals surface area contributed by atoms with Gasteiger partial charge in [-0.3, -0.25) is 0 Å². The summed E-state index contributed by atoms with van der Waals surface area (Å²) >= 11 is 3.43. The van der Waals surface area contributed by atoms with Crippen LogP contribution in [-0.2, 0) is 4.79 Å². The second-order valence-corrected chi connectivity index (χ2v) is 6.13. The van der Waals surface area contributed by atoms with E-state index in [1.165, 1.54) is 6.08 Å². The molecule has 0 aliphatic carbocycles. The van der Waals surface area contributed by atoms with Gasteiger partial charge in [-0.1, -0.05) is 24.3 Å². The van der Waals surface area contributed by atoms with Crippen LogP contribution in [0.25, 0.3) is 6.08 Å². The van der Waals surface area contributed by atoms with E-state index in [4.69, 9.17) is 14.6 Å². The van der Waals surface area contributed by atoms with Gasteiger partial charge < -0.3 is 14.6 Å². The predicted octanol–water partition coefficient (Wildman–Crippen LogP) is 4.62. The zero-order valence-electron chi connectivity index (χ0n) is 13.6. The van der Waals surface area contributed by atoms with Crippen molar-refractivity contribution in [2.75, 3.05) is 13.2 Å². The lowest BCUT2D eigenvalue weighted by molar-refractivity contribution is -0.131. The van der Waals surface area contributed by atoms with Gasteiger partial charge >= 0.3 is 5.97 Å². The Labute approximate surface area is 149 Å². The van der Waals surface area contributed by atoms with Crippen LogP contribution in [-0.4, -0.2) is 24.3 Å². The molecule has 126 valence electrons. The first kappa shape index (κ1) is 18.1. The van der Waals surface area contributed by atoms with Crippen LogP contribution < -0.4 is 9.47 Å². The molecule has 0 unspecified atom stereocenters. The van der Waals surface area contributed by atoms with Crippen LogP contribution in [0.4, 0.5) is 0 Å². The molecule has 2 aromatic rings. The summed E-state index contributed by atoms with van der Waals surface area (Å²) in [6, 6.07) is 11.4. The van der Waals surface area contributed by atoms with E-state index >= 15 is 0 Å². The standard InChI is InChI=1S/C19H19BrO4/c1-13-4-3-5-14(2)19(13)24-11-10-23-17-8-6-15(12-16(17)20)7-9-18(21)22/h3-9,12H,10-11H2,1-2H3,(H,21,22). The molecular weight excluding hydrogens is 372 g/mol. The molecule has 0 atom stereocenters. The van der Waals surface area contributed by atoms with E-state index in [-0.39, 0.29) is 0 Å². The Bertz CT molecular complexity index is 733. The largest absolute Gasteiger partial charge is 0.489 e. The molecule has 4 nitrogen and oxygen atoms in total. The van der Waals surface area contributed by atoms with Gasteiger partial charge in [0, 0.05) is 6.08 Å². The number of rotatable bonds is 7. The number of benzene rings is 2. The molecule has 0 saturated carbocycles. The molecule has 0 heterocycles. The quantitative estimate of drug-likeness (QED) is 0.553. The maximum Gasteiger partial charge on any atom is 0.328 e. The fraction of sp³-hybridized carbons (Fsp3) is 0.211. The highest BCUT2D eigenvalue weighted by molar-refractivity contribution is 9.10. The molecule has 0 aromatic heterocycles. The lowest BCUT2D eigenvalue weighted by Crippen LogP contribution is -2.10. The summed E-state index contributed by atoms with van der Waals surface area (Å²) in [5.41, 5.74) is 2.99. The fourth-order valence-corrected chi connectivity index (χ4v) is 2.74. The van der Waals surface area contributed by atoms with Crippen LogP contribution in [0, 0.1) is 13.8 Å². The van der Waals surface area contributed by atoms with E-state index in [1.54, 1.807) is 18.2 Å². The Morgan fingerprint density at radius 3 is 2.42 bits per heavy atom. The Balaban J connectivity index is 1.89. The van der Waals surface area contributed by atoms with Crippen molar-refractivity contribution >= 4 is 28.0 Å². The minimum Gasteiger partial charge on any atom is -0.489 e. The molecule has 0 aliphatic rings. The monoisotopic (exact) mass is 390 g/mol. The number of halogens is 1. The minimum atomic E-state index is -0.977. The first-order valence-electron chi connectivity index (χ1n) is 7.50. The number of para-hydroxylation sites is 1. The third-order valence-electron chi connectivity index (χ3n) is 3.37. The number of carbonyl (C=O) groups is 1. The third kappa shape index (κ3) is 5.13. The van der Waals surface area contributed by atoms with Gasteiger partial charge in [0.2, 0.25) is 0 Å². The third-order valence-corrected chi connectivity index (χ3v) is 3.99. The summed E-state index contributed by atoms with van der Waals surface area (Å²) in [6.45, 7) is 4.89. The molecule has 5 heteroatoms. The zero-order valence-corrected chi connectivity index (χ0v) is 15.2. The van der Waals surface area contributed by atoms with E-state index in [0.29, 0.717) is 19.0 Å². The number of ether oxygens (including phenoxy) is 2. The molecule has 1 N–H and O–H groups in total. The smallest absolute Gasteiger partial charge is 0.328 e. The molecule has 0 saturated heterocycles. The molecule has 0 bridgehead atoms. The Kier molecular flexibility index (Phi) is 6.44. The van der Waals surface area contributed by atoms with E-state index in [0.717, 1.165) is 33.0 Å². The number of hydrogen-bond donors (Lipinski definition) is 1. The molecule has 0 amide bonds. The van der Waals surface area contributed by atoms with E-state index in [9.17, 15) is 4.79 Å². The first-order chi connectivity index (χ1) is 11.5. The minimum absolute atomic E-state index is 0.413. The molecule has 0 fully saturated rings. The van der Waals surface area contributed by atoms with Crippen molar-refractivity contribution < 1.29 is 19.4 Å². The van der Waals surface area contributed by atoms with Gasteiger partial charge in [0.25, 0.3) is 0 Å². The van der Waals surface area contributed by atoms with Gasteiger partial charge in [0.05, 0.1) is 4.47 Å². The molecule has 0 radical (unpaired) electrons. The number of hydrogen-bond acceptors (Lipinski definition) is 3. The maximum absolute atomic E-state index is 10.5. The second kappa shape index (κ2) is 8.55. The molecule has 2 rings (SSSR count). The van der Waals surface area contributed by atoms with Crippen molar-refractivity contribution in [2.45, 2.75) is 13.8 Å². The number of aliphatic carboxylic acids is 1. The second-order valence-electron chi connectivity index (χ2n) is 5.28.